The van der Waals surface area contributed by atoms with Crippen molar-refractivity contribution < 1.29 is 19.3 Å². The second-order valence-corrected chi connectivity index (χ2v) is 7.53. The SMILES string of the molecule is N#Cc1ccc(N2CCCN(C(=O)CN3C(=O)c4cccc([N+](=O)[O-])c4C3=O)CC2)cc1. The maximum Gasteiger partial charge on any atom is 0.282 e. The fourth-order valence-corrected chi connectivity index (χ4v) is 4.02. The molecular weight excluding hydrogens is 414 g/mol. The molecule has 0 bridgehead atoms. The van der Waals surface area contributed by atoms with E-state index in [1.807, 2.05) is 12.1 Å². The second-order valence-electron chi connectivity index (χ2n) is 7.53. The zero-order valence-corrected chi connectivity index (χ0v) is 17.1. The maximum atomic E-state index is 12.9. The number of nitro benzene ring substituents is 1. The zero-order chi connectivity index (χ0) is 22.8. The van der Waals surface area contributed by atoms with Gasteiger partial charge in [0.05, 0.1) is 22.1 Å². The lowest BCUT2D eigenvalue weighted by molar-refractivity contribution is -0.385. The number of nitro groups is 1. The number of nitrogens with zero attached hydrogens (tertiary/aromatic N) is 5. The molecule has 1 fully saturated rings. The van der Waals surface area contributed by atoms with E-state index in [1.165, 1.54) is 18.2 Å². The van der Waals surface area contributed by atoms with E-state index in [4.69, 9.17) is 5.26 Å². The number of fused-ring (bicyclic) bond motifs is 1. The maximum absolute atomic E-state index is 12.9. The van der Waals surface area contributed by atoms with Gasteiger partial charge in [-0.05, 0) is 36.8 Å². The molecule has 4 rings (SSSR count). The molecular formula is C22H19N5O5. The molecule has 3 amide bonds. The van der Waals surface area contributed by atoms with Gasteiger partial charge in [0.2, 0.25) is 5.91 Å². The van der Waals surface area contributed by atoms with Crippen LogP contribution in [0.25, 0.3) is 0 Å². The summed E-state index contributed by atoms with van der Waals surface area (Å²) in [5.74, 6) is -1.90. The van der Waals surface area contributed by atoms with Crippen LogP contribution < -0.4 is 4.90 Å². The van der Waals surface area contributed by atoms with Crippen LogP contribution in [0.1, 0.15) is 32.7 Å². The van der Waals surface area contributed by atoms with Crippen LogP contribution in [0, 0.1) is 21.4 Å². The predicted molar refractivity (Wildman–Crippen MR) is 113 cm³/mol. The first-order valence-electron chi connectivity index (χ1n) is 10.1. The van der Waals surface area contributed by atoms with Gasteiger partial charge in [0.15, 0.2) is 0 Å². The van der Waals surface area contributed by atoms with Crippen molar-refractivity contribution in [3.8, 4) is 6.07 Å². The van der Waals surface area contributed by atoms with E-state index in [1.54, 1.807) is 17.0 Å². The summed E-state index contributed by atoms with van der Waals surface area (Å²) in [6.45, 7) is 1.69. The molecule has 32 heavy (non-hydrogen) atoms. The van der Waals surface area contributed by atoms with E-state index in [0.29, 0.717) is 31.6 Å². The summed E-state index contributed by atoms with van der Waals surface area (Å²) in [4.78, 5) is 53.3. The monoisotopic (exact) mass is 433 g/mol. The Kier molecular flexibility index (Phi) is 5.55. The Balaban J connectivity index is 1.44. The van der Waals surface area contributed by atoms with Crippen LogP contribution in [0.4, 0.5) is 11.4 Å². The summed E-state index contributed by atoms with van der Waals surface area (Å²) in [5, 5.41) is 20.2. The van der Waals surface area contributed by atoms with Gasteiger partial charge in [-0.25, -0.2) is 0 Å². The molecule has 10 nitrogen and oxygen atoms in total. The number of hydrogen-bond donors (Lipinski definition) is 0. The highest BCUT2D eigenvalue weighted by Crippen LogP contribution is 2.30. The van der Waals surface area contributed by atoms with Gasteiger partial charge in [-0.2, -0.15) is 5.26 Å². The van der Waals surface area contributed by atoms with Crippen LogP contribution in [0.15, 0.2) is 42.5 Å². The number of amides is 3. The van der Waals surface area contributed by atoms with Gasteiger partial charge in [-0.1, -0.05) is 6.07 Å². The van der Waals surface area contributed by atoms with Crippen LogP contribution >= 0.6 is 0 Å². The normalized spacial score (nSPS) is 15.9. The highest BCUT2D eigenvalue weighted by atomic mass is 16.6. The summed E-state index contributed by atoms with van der Waals surface area (Å²) in [6.07, 6.45) is 0.694. The molecule has 0 atom stereocenters. The van der Waals surface area contributed by atoms with Gasteiger partial charge >= 0.3 is 0 Å². The third-order valence-electron chi connectivity index (χ3n) is 5.68. The lowest BCUT2D eigenvalue weighted by Gasteiger charge is -2.25. The molecule has 2 aromatic rings. The number of anilines is 1. The van der Waals surface area contributed by atoms with Crippen LogP contribution in [0.5, 0.6) is 0 Å². The molecule has 0 unspecified atom stereocenters. The molecule has 0 radical (unpaired) electrons. The van der Waals surface area contributed by atoms with E-state index in [9.17, 15) is 24.5 Å². The van der Waals surface area contributed by atoms with Crippen molar-refractivity contribution in [2.45, 2.75) is 6.42 Å². The van der Waals surface area contributed by atoms with E-state index in [-0.39, 0.29) is 17.0 Å². The number of imide groups is 1. The minimum atomic E-state index is -0.820. The third kappa shape index (κ3) is 3.76. The summed E-state index contributed by atoms with van der Waals surface area (Å²) in [7, 11) is 0. The first kappa shape index (κ1) is 21.0. The first-order chi connectivity index (χ1) is 15.4. The molecule has 2 heterocycles. The van der Waals surface area contributed by atoms with E-state index in [2.05, 4.69) is 11.0 Å². The summed E-state index contributed by atoms with van der Waals surface area (Å²) in [6, 6.07) is 13.2. The summed E-state index contributed by atoms with van der Waals surface area (Å²) < 4.78 is 0. The average Bonchev–Trinajstić information content (AvgIpc) is 2.97. The van der Waals surface area contributed by atoms with Crippen molar-refractivity contribution in [3.05, 3.63) is 69.3 Å². The minimum absolute atomic E-state index is 0.0557. The Hall–Kier alpha value is -4.26. The van der Waals surface area contributed by atoms with E-state index < -0.39 is 29.0 Å². The predicted octanol–water partition coefficient (Wildman–Crippen LogP) is 1.80. The highest BCUT2D eigenvalue weighted by Gasteiger charge is 2.42. The smallest absolute Gasteiger partial charge is 0.282 e. The fraction of sp³-hybridized carbons (Fsp3) is 0.273. The van der Waals surface area contributed by atoms with Crippen LogP contribution in [-0.2, 0) is 4.79 Å². The topological polar surface area (TPSA) is 128 Å². The number of carbonyl (C=O) groups is 3. The van der Waals surface area contributed by atoms with Crippen molar-refractivity contribution in [2.24, 2.45) is 0 Å². The molecule has 2 aliphatic heterocycles. The first-order valence-corrected chi connectivity index (χ1v) is 10.1. The van der Waals surface area contributed by atoms with E-state index >= 15 is 0 Å². The molecule has 10 heteroatoms. The van der Waals surface area contributed by atoms with Gasteiger partial charge in [0.25, 0.3) is 17.5 Å². The number of nitriles is 1. The molecule has 1 saturated heterocycles. The standard InChI is InChI=1S/C22H19N5O5/c23-13-15-5-7-16(8-6-15)24-9-2-10-25(12-11-24)19(28)14-26-21(29)17-3-1-4-18(27(31)32)20(17)22(26)30/h1,3-8H,2,9-12,14H2. The number of carbonyl (C=O) groups excluding carboxylic acids is 3. The summed E-state index contributed by atoms with van der Waals surface area (Å²) in [5.41, 5.74) is 0.758. The molecule has 2 aliphatic rings. The van der Waals surface area contributed by atoms with Gasteiger partial charge in [0, 0.05) is 37.9 Å². The fourth-order valence-electron chi connectivity index (χ4n) is 4.02. The minimum Gasteiger partial charge on any atom is -0.370 e. The van der Waals surface area contributed by atoms with Gasteiger partial charge in [-0.15, -0.1) is 0 Å². The van der Waals surface area contributed by atoms with Crippen molar-refractivity contribution in [1.29, 1.82) is 5.26 Å². The average molecular weight is 433 g/mol. The van der Waals surface area contributed by atoms with Crippen LogP contribution in [0.2, 0.25) is 0 Å². The molecule has 0 aromatic heterocycles. The quantitative estimate of drug-likeness (QED) is 0.408. The van der Waals surface area contributed by atoms with Crippen molar-refractivity contribution in [3.63, 3.8) is 0 Å². The molecule has 0 saturated carbocycles. The highest BCUT2D eigenvalue weighted by molar-refractivity contribution is 6.24. The molecule has 0 N–H and O–H groups in total. The molecule has 162 valence electrons. The van der Waals surface area contributed by atoms with Gasteiger partial charge in [0.1, 0.15) is 12.1 Å². The van der Waals surface area contributed by atoms with Crippen LogP contribution in [0.3, 0.4) is 0 Å². The van der Waals surface area contributed by atoms with Crippen LogP contribution in [-0.4, -0.2) is 65.2 Å². The molecule has 2 aromatic carbocycles. The Morgan fingerprint density at radius 1 is 1.03 bits per heavy atom. The largest absolute Gasteiger partial charge is 0.370 e. The van der Waals surface area contributed by atoms with Crippen molar-refractivity contribution >= 4 is 29.1 Å². The van der Waals surface area contributed by atoms with E-state index in [0.717, 1.165) is 17.1 Å². The molecule has 0 aliphatic carbocycles. The second kappa shape index (κ2) is 8.47. The lowest BCUT2D eigenvalue weighted by atomic mass is 10.1. The molecule has 0 spiro atoms. The van der Waals surface area contributed by atoms with Gasteiger partial charge in [-0.3, -0.25) is 29.4 Å². The number of hydrogen-bond acceptors (Lipinski definition) is 7. The Labute approximate surface area is 183 Å². The van der Waals surface area contributed by atoms with Crippen molar-refractivity contribution in [2.75, 3.05) is 37.6 Å². The number of benzene rings is 2. The Bertz CT molecular complexity index is 1150. The zero-order valence-electron chi connectivity index (χ0n) is 17.1. The lowest BCUT2D eigenvalue weighted by Crippen LogP contribution is -2.44. The van der Waals surface area contributed by atoms with Gasteiger partial charge < -0.3 is 9.80 Å². The number of rotatable bonds is 4. The van der Waals surface area contributed by atoms with Crippen molar-refractivity contribution in [1.82, 2.24) is 9.80 Å². The Morgan fingerprint density at radius 3 is 2.47 bits per heavy atom. The Morgan fingerprint density at radius 2 is 1.78 bits per heavy atom. The summed E-state index contributed by atoms with van der Waals surface area (Å²) >= 11 is 0. The third-order valence-corrected chi connectivity index (χ3v) is 5.68.